The van der Waals surface area contributed by atoms with Gasteiger partial charge in [0.05, 0.1) is 5.75 Å². The molecule has 0 saturated heterocycles. The van der Waals surface area contributed by atoms with Gasteiger partial charge in [0, 0.05) is 11.8 Å². The van der Waals surface area contributed by atoms with Gasteiger partial charge in [0.2, 0.25) is 0 Å². The van der Waals surface area contributed by atoms with Crippen molar-refractivity contribution < 1.29 is 4.42 Å². The fourth-order valence-electron chi connectivity index (χ4n) is 1.68. The van der Waals surface area contributed by atoms with Crippen LogP contribution in [0, 0.1) is 0 Å². The summed E-state index contributed by atoms with van der Waals surface area (Å²) < 4.78 is 5.44. The molecule has 100 valence electrons. The van der Waals surface area contributed by atoms with Crippen LogP contribution in [0.4, 0.5) is 5.82 Å². The molecule has 0 radical (unpaired) electrons. The second kappa shape index (κ2) is 5.75. The molecular formula is C14H12N4OS. The Hall–Kier alpha value is -2.34. The van der Waals surface area contributed by atoms with Crippen LogP contribution in [0.25, 0.3) is 11.3 Å². The van der Waals surface area contributed by atoms with Gasteiger partial charge in [0.1, 0.15) is 23.6 Å². The van der Waals surface area contributed by atoms with Crippen LogP contribution in [0.3, 0.4) is 0 Å². The predicted octanol–water partition coefficient (Wildman–Crippen LogP) is 3.01. The Morgan fingerprint density at radius 3 is 2.75 bits per heavy atom. The topological polar surface area (TPSA) is 77.8 Å². The van der Waals surface area contributed by atoms with Crippen molar-refractivity contribution in [1.82, 2.24) is 15.0 Å². The van der Waals surface area contributed by atoms with E-state index in [9.17, 15) is 0 Å². The average molecular weight is 284 g/mol. The first kappa shape index (κ1) is 12.7. The Kier molecular flexibility index (Phi) is 3.64. The number of nitrogens with zero attached hydrogens (tertiary/aromatic N) is 3. The molecule has 6 heteroatoms. The van der Waals surface area contributed by atoms with Crippen molar-refractivity contribution in [2.45, 2.75) is 11.0 Å². The number of oxazole rings is 1. The molecular weight excluding hydrogens is 272 g/mol. The van der Waals surface area contributed by atoms with E-state index in [-0.39, 0.29) is 0 Å². The molecule has 0 fully saturated rings. The highest BCUT2D eigenvalue weighted by Gasteiger charge is 2.07. The predicted molar refractivity (Wildman–Crippen MR) is 77.9 cm³/mol. The van der Waals surface area contributed by atoms with Gasteiger partial charge in [-0.2, -0.15) is 0 Å². The Morgan fingerprint density at radius 1 is 1.10 bits per heavy atom. The van der Waals surface area contributed by atoms with Crippen molar-refractivity contribution in [2.75, 3.05) is 5.73 Å². The normalized spacial score (nSPS) is 10.6. The Labute approximate surface area is 120 Å². The number of rotatable bonds is 4. The summed E-state index contributed by atoms with van der Waals surface area (Å²) >= 11 is 1.44. The van der Waals surface area contributed by atoms with E-state index in [1.165, 1.54) is 11.8 Å². The molecule has 3 aromatic rings. The number of nitrogens with two attached hydrogens (primary N) is 1. The maximum absolute atomic E-state index is 5.61. The highest BCUT2D eigenvalue weighted by molar-refractivity contribution is 7.98. The number of benzene rings is 1. The fraction of sp³-hybridized carbons (Fsp3) is 0.0714. The number of hydrogen-bond donors (Lipinski definition) is 1. The summed E-state index contributed by atoms with van der Waals surface area (Å²) in [7, 11) is 0. The summed E-state index contributed by atoms with van der Waals surface area (Å²) in [6.07, 6.45) is 3.29. The standard InChI is InChI=1S/C14H12N4OS/c15-12-6-7-16-13(18-12)9-20-14-17-11(8-19-14)10-4-2-1-3-5-10/h1-8H,9H2,(H2,15,16,18). The number of aromatic nitrogens is 3. The van der Waals surface area contributed by atoms with Gasteiger partial charge in [-0.05, 0) is 6.07 Å². The van der Waals surface area contributed by atoms with Crippen molar-refractivity contribution in [3.8, 4) is 11.3 Å². The van der Waals surface area contributed by atoms with Crippen LogP contribution in [0.5, 0.6) is 0 Å². The van der Waals surface area contributed by atoms with Gasteiger partial charge in [0.25, 0.3) is 5.22 Å². The highest BCUT2D eigenvalue weighted by atomic mass is 32.2. The first-order valence-corrected chi connectivity index (χ1v) is 7.01. The fourth-order valence-corrected chi connectivity index (χ4v) is 2.35. The zero-order valence-corrected chi connectivity index (χ0v) is 11.4. The van der Waals surface area contributed by atoms with Gasteiger partial charge in [0.15, 0.2) is 0 Å². The summed E-state index contributed by atoms with van der Waals surface area (Å²) in [6, 6.07) is 11.6. The van der Waals surface area contributed by atoms with Gasteiger partial charge in [-0.15, -0.1) is 0 Å². The molecule has 0 atom stereocenters. The smallest absolute Gasteiger partial charge is 0.256 e. The van der Waals surface area contributed by atoms with Crippen LogP contribution in [-0.4, -0.2) is 15.0 Å². The summed E-state index contributed by atoms with van der Waals surface area (Å²) in [5.74, 6) is 1.70. The SMILES string of the molecule is Nc1ccnc(CSc2nc(-c3ccccc3)co2)n1. The number of hydrogen-bond acceptors (Lipinski definition) is 6. The largest absolute Gasteiger partial charge is 0.439 e. The van der Waals surface area contributed by atoms with Crippen LogP contribution in [0.1, 0.15) is 5.82 Å². The maximum atomic E-state index is 5.61. The van der Waals surface area contributed by atoms with Crippen molar-refractivity contribution in [2.24, 2.45) is 0 Å². The first-order valence-electron chi connectivity index (χ1n) is 6.02. The van der Waals surface area contributed by atoms with Gasteiger partial charge < -0.3 is 10.2 Å². The van der Waals surface area contributed by atoms with Crippen LogP contribution in [0.15, 0.2) is 58.5 Å². The molecule has 2 aromatic heterocycles. The summed E-state index contributed by atoms with van der Waals surface area (Å²) in [5.41, 5.74) is 7.46. The third-order valence-corrected chi connectivity index (χ3v) is 3.44. The zero-order valence-electron chi connectivity index (χ0n) is 10.6. The molecule has 5 nitrogen and oxygen atoms in total. The summed E-state index contributed by atoms with van der Waals surface area (Å²) in [4.78, 5) is 12.7. The number of anilines is 1. The van der Waals surface area contributed by atoms with Crippen molar-refractivity contribution in [1.29, 1.82) is 0 Å². The zero-order chi connectivity index (χ0) is 13.8. The lowest BCUT2D eigenvalue weighted by Crippen LogP contribution is -1.96. The van der Waals surface area contributed by atoms with E-state index in [0.29, 0.717) is 22.6 Å². The average Bonchev–Trinajstić information content (AvgIpc) is 2.95. The van der Waals surface area contributed by atoms with E-state index >= 15 is 0 Å². The Bertz CT molecular complexity index is 699. The molecule has 0 unspecified atom stereocenters. The lowest BCUT2D eigenvalue weighted by molar-refractivity contribution is 0.454. The van der Waals surface area contributed by atoms with E-state index in [4.69, 9.17) is 10.2 Å². The molecule has 20 heavy (non-hydrogen) atoms. The second-order valence-corrected chi connectivity index (χ2v) is 4.98. The van der Waals surface area contributed by atoms with Crippen LogP contribution in [0.2, 0.25) is 0 Å². The molecule has 0 aliphatic heterocycles. The molecule has 0 bridgehead atoms. The third kappa shape index (κ3) is 2.97. The molecule has 2 N–H and O–H groups in total. The van der Waals surface area contributed by atoms with E-state index < -0.39 is 0 Å². The molecule has 0 aliphatic carbocycles. The minimum absolute atomic E-state index is 0.466. The summed E-state index contributed by atoms with van der Waals surface area (Å²) in [6.45, 7) is 0. The van der Waals surface area contributed by atoms with Crippen LogP contribution < -0.4 is 5.73 Å². The maximum Gasteiger partial charge on any atom is 0.256 e. The number of thioether (sulfide) groups is 1. The van der Waals surface area contributed by atoms with Crippen LogP contribution >= 0.6 is 11.8 Å². The minimum Gasteiger partial charge on any atom is -0.439 e. The van der Waals surface area contributed by atoms with Crippen molar-refractivity contribution >= 4 is 17.6 Å². The Balaban J connectivity index is 1.69. The molecule has 0 saturated carbocycles. The van der Waals surface area contributed by atoms with E-state index in [0.717, 1.165) is 11.3 Å². The minimum atomic E-state index is 0.466. The monoisotopic (exact) mass is 284 g/mol. The van der Waals surface area contributed by atoms with Crippen molar-refractivity contribution in [3.63, 3.8) is 0 Å². The van der Waals surface area contributed by atoms with Gasteiger partial charge in [-0.25, -0.2) is 15.0 Å². The second-order valence-electron chi connectivity index (χ2n) is 4.05. The lowest BCUT2D eigenvalue weighted by atomic mass is 10.2. The molecule has 3 rings (SSSR count). The first-order chi connectivity index (χ1) is 9.81. The lowest BCUT2D eigenvalue weighted by Gasteiger charge is -1.97. The molecule has 0 aliphatic rings. The molecule has 0 amide bonds. The summed E-state index contributed by atoms with van der Waals surface area (Å²) in [5, 5.41) is 0.592. The van der Waals surface area contributed by atoms with Gasteiger partial charge in [-0.3, -0.25) is 0 Å². The number of nitrogen functional groups attached to an aromatic ring is 1. The third-order valence-electron chi connectivity index (χ3n) is 2.60. The van der Waals surface area contributed by atoms with E-state index in [2.05, 4.69) is 15.0 Å². The van der Waals surface area contributed by atoms with E-state index in [1.807, 2.05) is 30.3 Å². The molecule has 0 spiro atoms. The quantitative estimate of drug-likeness (QED) is 0.742. The highest BCUT2D eigenvalue weighted by Crippen LogP contribution is 2.25. The van der Waals surface area contributed by atoms with E-state index in [1.54, 1.807) is 18.5 Å². The molecule has 1 aromatic carbocycles. The van der Waals surface area contributed by atoms with Gasteiger partial charge in [-0.1, -0.05) is 42.1 Å². The van der Waals surface area contributed by atoms with Crippen molar-refractivity contribution in [3.05, 3.63) is 54.7 Å². The molecule has 2 heterocycles. The Morgan fingerprint density at radius 2 is 1.95 bits per heavy atom. The van der Waals surface area contributed by atoms with Gasteiger partial charge >= 0.3 is 0 Å². The van der Waals surface area contributed by atoms with Crippen LogP contribution in [-0.2, 0) is 5.75 Å².